The van der Waals surface area contributed by atoms with Crippen LogP contribution in [0.25, 0.3) is 0 Å². The van der Waals surface area contributed by atoms with E-state index in [1.807, 2.05) is 25.1 Å². The van der Waals surface area contributed by atoms with Gasteiger partial charge in [-0.2, -0.15) is 0 Å². The van der Waals surface area contributed by atoms with E-state index in [0.717, 1.165) is 17.1 Å². The van der Waals surface area contributed by atoms with Gasteiger partial charge in [-0.25, -0.2) is 0 Å². The quantitative estimate of drug-likeness (QED) is 0.774. The molecular weight excluding hydrogens is 194 g/mol. The van der Waals surface area contributed by atoms with Crippen molar-refractivity contribution in [2.75, 3.05) is 13.3 Å². The number of hydrogen-bond acceptors (Lipinski definition) is 4. The third-order valence-corrected chi connectivity index (χ3v) is 2.74. The molecule has 4 nitrogen and oxygen atoms in total. The highest BCUT2D eigenvalue weighted by Gasteiger charge is 2.24. The molecule has 1 aromatic rings. The first-order valence-corrected chi connectivity index (χ1v) is 5.00. The summed E-state index contributed by atoms with van der Waals surface area (Å²) >= 11 is 0. The van der Waals surface area contributed by atoms with Crippen LogP contribution in [0.4, 0.5) is 0 Å². The molecule has 0 saturated heterocycles. The minimum absolute atomic E-state index is 0.0494. The van der Waals surface area contributed by atoms with E-state index in [0.29, 0.717) is 0 Å². The van der Waals surface area contributed by atoms with Gasteiger partial charge in [-0.05, 0) is 6.07 Å². The van der Waals surface area contributed by atoms with E-state index in [1.165, 1.54) is 0 Å². The van der Waals surface area contributed by atoms with Crippen LogP contribution in [-0.2, 0) is 0 Å². The lowest BCUT2D eigenvalue weighted by atomic mass is 9.94. The van der Waals surface area contributed by atoms with E-state index in [4.69, 9.17) is 15.2 Å². The maximum Gasteiger partial charge on any atom is 0.231 e. The van der Waals surface area contributed by atoms with Gasteiger partial charge in [-0.15, -0.1) is 0 Å². The first kappa shape index (κ1) is 10.3. The van der Waals surface area contributed by atoms with Gasteiger partial charge in [0.15, 0.2) is 11.5 Å². The number of benzene rings is 1. The first-order valence-electron chi connectivity index (χ1n) is 5.00. The molecule has 0 bridgehead atoms. The largest absolute Gasteiger partial charge is 0.454 e. The highest BCUT2D eigenvalue weighted by atomic mass is 16.7. The van der Waals surface area contributed by atoms with Crippen LogP contribution in [0.3, 0.4) is 0 Å². The minimum Gasteiger partial charge on any atom is -0.454 e. The predicted octanol–water partition coefficient (Wildman–Crippen LogP) is 0.838. The van der Waals surface area contributed by atoms with Crippen LogP contribution in [-0.4, -0.2) is 24.5 Å². The Hall–Kier alpha value is -1.26. The van der Waals surface area contributed by atoms with Gasteiger partial charge in [-0.1, -0.05) is 19.1 Å². The SMILES string of the molecule is CC(c1cccc2c1OCO2)C(O)CN. The number of nitrogens with two attached hydrogens (primary N) is 1. The molecule has 0 radical (unpaired) electrons. The van der Waals surface area contributed by atoms with Gasteiger partial charge < -0.3 is 20.3 Å². The van der Waals surface area contributed by atoms with E-state index < -0.39 is 6.10 Å². The van der Waals surface area contributed by atoms with Crippen molar-refractivity contribution in [3.8, 4) is 11.5 Å². The molecule has 4 heteroatoms. The number of rotatable bonds is 3. The van der Waals surface area contributed by atoms with Crippen LogP contribution >= 0.6 is 0 Å². The zero-order valence-corrected chi connectivity index (χ0v) is 8.64. The van der Waals surface area contributed by atoms with E-state index >= 15 is 0 Å². The summed E-state index contributed by atoms with van der Waals surface area (Å²) in [6.45, 7) is 2.41. The lowest BCUT2D eigenvalue weighted by molar-refractivity contribution is 0.151. The number of aliphatic hydroxyl groups excluding tert-OH is 1. The molecule has 1 aliphatic rings. The second kappa shape index (κ2) is 4.08. The summed E-state index contributed by atoms with van der Waals surface area (Å²) in [7, 11) is 0. The van der Waals surface area contributed by atoms with Gasteiger partial charge in [0, 0.05) is 18.0 Å². The second-order valence-corrected chi connectivity index (χ2v) is 3.67. The Morgan fingerprint density at radius 3 is 3.00 bits per heavy atom. The molecule has 2 rings (SSSR count). The fourth-order valence-electron chi connectivity index (χ4n) is 1.72. The average molecular weight is 209 g/mol. The minimum atomic E-state index is -0.555. The standard InChI is InChI=1S/C11H15NO3/c1-7(9(13)5-12)8-3-2-4-10-11(8)15-6-14-10/h2-4,7,9,13H,5-6,12H2,1H3. The summed E-state index contributed by atoms with van der Waals surface area (Å²) in [5, 5.41) is 9.69. The molecule has 2 atom stereocenters. The maximum absolute atomic E-state index is 9.69. The van der Waals surface area contributed by atoms with Crippen molar-refractivity contribution in [2.45, 2.75) is 18.9 Å². The Morgan fingerprint density at radius 2 is 2.27 bits per heavy atom. The molecule has 1 aromatic carbocycles. The molecule has 1 aliphatic heterocycles. The van der Waals surface area contributed by atoms with E-state index in [9.17, 15) is 5.11 Å². The van der Waals surface area contributed by atoms with Gasteiger partial charge in [0.1, 0.15) is 0 Å². The summed E-state index contributed by atoms with van der Waals surface area (Å²) in [5.41, 5.74) is 6.38. The van der Waals surface area contributed by atoms with Crippen molar-refractivity contribution in [3.05, 3.63) is 23.8 Å². The van der Waals surface area contributed by atoms with Crippen molar-refractivity contribution in [2.24, 2.45) is 5.73 Å². The third-order valence-electron chi connectivity index (χ3n) is 2.74. The van der Waals surface area contributed by atoms with Gasteiger partial charge in [0.25, 0.3) is 0 Å². The molecule has 0 aliphatic carbocycles. The summed E-state index contributed by atoms with van der Waals surface area (Å²) in [5.74, 6) is 1.42. The monoisotopic (exact) mass is 209 g/mol. The molecule has 0 fully saturated rings. The van der Waals surface area contributed by atoms with Crippen LogP contribution in [0, 0.1) is 0 Å². The molecule has 0 spiro atoms. The van der Waals surface area contributed by atoms with Gasteiger partial charge in [0.2, 0.25) is 6.79 Å². The topological polar surface area (TPSA) is 64.7 Å². The van der Waals surface area contributed by atoms with Crippen molar-refractivity contribution in [3.63, 3.8) is 0 Å². The summed E-state index contributed by atoms with van der Waals surface area (Å²) in [4.78, 5) is 0. The zero-order valence-electron chi connectivity index (χ0n) is 8.64. The molecule has 2 unspecified atom stereocenters. The molecule has 0 amide bonds. The van der Waals surface area contributed by atoms with E-state index in [1.54, 1.807) is 0 Å². The molecule has 1 heterocycles. The number of para-hydroxylation sites is 1. The molecule has 0 saturated carbocycles. The van der Waals surface area contributed by atoms with Gasteiger partial charge in [-0.3, -0.25) is 0 Å². The highest BCUT2D eigenvalue weighted by molar-refractivity contribution is 5.49. The lowest BCUT2D eigenvalue weighted by Crippen LogP contribution is -2.25. The lowest BCUT2D eigenvalue weighted by Gasteiger charge is -2.18. The van der Waals surface area contributed by atoms with Crippen molar-refractivity contribution < 1.29 is 14.6 Å². The Morgan fingerprint density at radius 1 is 1.47 bits per heavy atom. The smallest absolute Gasteiger partial charge is 0.231 e. The number of ether oxygens (including phenoxy) is 2. The van der Waals surface area contributed by atoms with E-state index in [-0.39, 0.29) is 19.3 Å². The van der Waals surface area contributed by atoms with Crippen LogP contribution < -0.4 is 15.2 Å². The fraction of sp³-hybridized carbons (Fsp3) is 0.455. The summed E-state index contributed by atoms with van der Waals surface area (Å²) in [6.07, 6.45) is -0.555. The van der Waals surface area contributed by atoms with Crippen LogP contribution in [0.15, 0.2) is 18.2 Å². The van der Waals surface area contributed by atoms with Gasteiger partial charge >= 0.3 is 0 Å². The second-order valence-electron chi connectivity index (χ2n) is 3.67. The predicted molar refractivity (Wildman–Crippen MR) is 56.0 cm³/mol. The normalized spacial score (nSPS) is 17.5. The molecule has 82 valence electrons. The first-order chi connectivity index (χ1) is 7.24. The summed E-state index contributed by atoms with van der Waals surface area (Å²) in [6, 6.07) is 5.67. The number of fused-ring (bicyclic) bond motifs is 1. The highest BCUT2D eigenvalue weighted by Crippen LogP contribution is 2.39. The van der Waals surface area contributed by atoms with Crippen LogP contribution in [0.2, 0.25) is 0 Å². The van der Waals surface area contributed by atoms with Crippen molar-refractivity contribution >= 4 is 0 Å². The Labute approximate surface area is 88.6 Å². The molecule has 3 N–H and O–H groups in total. The van der Waals surface area contributed by atoms with Crippen molar-refractivity contribution in [1.82, 2.24) is 0 Å². The number of hydrogen-bond donors (Lipinski definition) is 2. The third kappa shape index (κ3) is 1.78. The Balaban J connectivity index is 2.32. The Kier molecular flexibility index (Phi) is 2.79. The maximum atomic E-state index is 9.69. The summed E-state index contributed by atoms with van der Waals surface area (Å²) < 4.78 is 10.6. The Bertz CT molecular complexity index is 354. The fourth-order valence-corrected chi connectivity index (χ4v) is 1.72. The zero-order chi connectivity index (χ0) is 10.8. The average Bonchev–Trinajstić information content (AvgIpc) is 2.74. The van der Waals surface area contributed by atoms with Gasteiger partial charge in [0.05, 0.1) is 6.10 Å². The van der Waals surface area contributed by atoms with Crippen molar-refractivity contribution in [1.29, 1.82) is 0 Å². The molecule has 0 aromatic heterocycles. The molecule has 15 heavy (non-hydrogen) atoms. The molecular formula is C11H15NO3. The number of aliphatic hydroxyl groups is 1. The van der Waals surface area contributed by atoms with Crippen LogP contribution in [0.5, 0.6) is 11.5 Å². The van der Waals surface area contributed by atoms with Crippen LogP contribution in [0.1, 0.15) is 18.4 Å². The van der Waals surface area contributed by atoms with E-state index in [2.05, 4.69) is 0 Å².